The van der Waals surface area contributed by atoms with E-state index >= 15 is 0 Å². The van der Waals surface area contributed by atoms with Gasteiger partial charge in [0.1, 0.15) is 0 Å². The molecule has 0 atom stereocenters. The van der Waals surface area contributed by atoms with Crippen LogP contribution in [0.3, 0.4) is 0 Å². The summed E-state index contributed by atoms with van der Waals surface area (Å²) in [4.78, 5) is 8.60. The van der Waals surface area contributed by atoms with E-state index in [9.17, 15) is 0 Å². The van der Waals surface area contributed by atoms with Crippen molar-refractivity contribution >= 4 is 11.2 Å². The van der Waals surface area contributed by atoms with Crippen molar-refractivity contribution in [3.05, 3.63) is 23.7 Å². The van der Waals surface area contributed by atoms with Crippen LogP contribution in [0, 0.1) is 0 Å². The van der Waals surface area contributed by atoms with Gasteiger partial charge >= 0.3 is 0 Å². The molecule has 0 unspecified atom stereocenters. The van der Waals surface area contributed by atoms with Crippen LogP contribution < -0.4 is 0 Å². The fraction of sp³-hybridized carbons (Fsp3) is 0.500. The molecule has 0 bridgehead atoms. The summed E-state index contributed by atoms with van der Waals surface area (Å²) in [5.74, 6) is 1.51. The smallest absolute Gasteiger partial charge is 0.199 e. The van der Waals surface area contributed by atoms with Crippen LogP contribution >= 0.6 is 0 Å². The van der Waals surface area contributed by atoms with E-state index in [1.807, 2.05) is 6.07 Å². The van der Waals surface area contributed by atoms with Gasteiger partial charge < -0.3 is 4.42 Å². The predicted molar refractivity (Wildman–Crippen MR) is 60.0 cm³/mol. The number of nitrogens with zero attached hydrogens (tertiary/aromatic N) is 2. The highest BCUT2D eigenvalue weighted by Gasteiger charge is 2.14. The Kier molecular flexibility index (Phi) is 2.47. The topological polar surface area (TPSA) is 38.9 Å². The first-order chi connectivity index (χ1) is 7.09. The maximum absolute atomic E-state index is 5.75. The van der Waals surface area contributed by atoms with Crippen molar-refractivity contribution in [3.63, 3.8) is 0 Å². The monoisotopic (exact) mass is 204 g/mol. The van der Waals surface area contributed by atoms with Crippen LogP contribution in [0.25, 0.3) is 11.2 Å². The van der Waals surface area contributed by atoms with Crippen molar-refractivity contribution in [2.24, 2.45) is 0 Å². The van der Waals surface area contributed by atoms with Crippen molar-refractivity contribution in [3.8, 4) is 0 Å². The highest BCUT2D eigenvalue weighted by Crippen LogP contribution is 2.26. The molecule has 0 aliphatic heterocycles. The van der Waals surface area contributed by atoms with Crippen molar-refractivity contribution in [1.29, 1.82) is 0 Å². The maximum atomic E-state index is 5.75. The molecule has 0 aliphatic carbocycles. The average Bonchev–Trinajstić information content (AvgIpc) is 2.60. The molecular weight excluding hydrogens is 188 g/mol. The zero-order valence-electron chi connectivity index (χ0n) is 9.61. The second-order valence-corrected chi connectivity index (χ2v) is 4.41. The summed E-state index contributed by atoms with van der Waals surface area (Å²) < 4.78 is 5.75. The Balaban J connectivity index is 2.64. The molecule has 2 rings (SSSR count). The van der Waals surface area contributed by atoms with E-state index < -0.39 is 0 Å². The lowest BCUT2D eigenvalue weighted by atomic mass is 10.0. The third-order valence-corrected chi connectivity index (χ3v) is 2.45. The second kappa shape index (κ2) is 3.65. The molecule has 2 aromatic heterocycles. The Morgan fingerprint density at radius 2 is 1.87 bits per heavy atom. The van der Waals surface area contributed by atoms with Gasteiger partial charge in [0, 0.05) is 17.7 Å². The molecule has 0 aliphatic rings. The SMILES string of the molecule is CC(C)c1nc2nccc(C(C)C)c2o1. The number of pyridine rings is 1. The molecule has 0 spiro atoms. The Morgan fingerprint density at radius 1 is 1.13 bits per heavy atom. The number of oxazole rings is 1. The van der Waals surface area contributed by atoms with Gasteiger partial charge in [0.25, 0.3) is 0 Å². The molecule has 2 heterocycles. The molecule has 0 saturated heterocycles. The van der Waals surface area contributed by atoms with Gasteiger partial charge in [-0.1, -0.05) is 27.7 Å². The van der Waals surface area contributed by atoms with Crippen LogP contribution in [0.4, 0.5) is 0 Å². The molecule has 2 aromatic rings. The lowest BCUT2D eigenvalue weighted by Gasteiger charge is -2.03. The average molecular weight is 204 g/mol. The molecule has 0 aromatic carbocycles. The van der Waals surface area contributed by atoms with Crippen LogP contribution in [-0.2, 0) is 0 Å². The molecule has 3 nitrogen and oxygen atoms in total. The zero-order valence-corrected chi connectivity index (χ0v) is 9.61. The largest absolute Gasteiger partial charge is 0.438 e. The fourth-order valence-electron chi connectivity index (χ4n) is 1.57. The summed E-state index contributed by atoms with van der Waals surface area (Å²) in [6.07, 6.45) is 1.80. The summed E-state index contributed by atoms with van der Waals surface area (Å²) in [5, 5.41) is 0. The molecule has 0 amide bonds. The molecule has 15 heavy (non-hydrogen) atoms. The standard InChI is InChI=1S/C12H16N2O/c1-7(2)9-5-6-13-11-10(9)15-12(14-11)8(3)4/h5-8H,1-4H3. The van der Waals surface area contributed by atoms with Crippen LogP contribution in [0.2, 0.25) is 0 Å². The van der Waals surface area contributed by atoms with Gasteiger partial charge in [0.15, 0.2) is 17.1 Å². The molecule has 0 radical (unpaired) electrons. The normalized spacial score (nSPS) is 11.9. The Morgan fingerprint density at radius 3 is 2.47 bits per heavy atom. The van der Waals surface area contributed by atoms with Gasteiger partial charge in [0.2, 0.25) is 0 Å². The first-order valence-corrected chi connectivity index (χ1v) is 5.35. The van der Waals surface area contributed by atoms with Crippen molar-refractivity contribution in [2.75, 3.05) is 0 Å². The van der Waals surface area contributed by atoms with Gasteiger partial charge in [-0.2, -0.15) is 4.98 Å². The number of rotatable bonds is 2. The van der Waals surface area contributed by atoms with E-state index in [-0.39, 0.29) is 0 Å². The Labute approximate surface area is 89.5 Å². The third kappa shape index (κ3) is 1.74. The van der Waals surface area contributed by atoms with E-state index in [0.29, 0.717) is 11.8 Å². The fourth-order valence-corrected chi connectivity index (χ4v) is 1.57. The van der Waals surface area contributed by atoms with E-state index in [1.54, 1.807) is 6.20 Å². The third-order valence-electron chi connectivity index (χ3n) is 2.45. The summed E-state index contributed by atoms with van der Waals surface area (Å²) >= 11 is 0. The van der Waals surface area contributed by atoms with Gasteiger partial charge in [0.05, 0.1) is 0 Å². The second-order valence-electron chi connectivity index (χ2n) is 4.41. The molecule has 3 heteroatoms. The summed E-state index contributed by atoms with van der Waals surface area (Å²) in [7, 11) is 0. The van der Waals surface area contributed by atoms with E-state index in [2.05, 4.69) is 37.7 Å². The van der Waals surface area contributed by atoms with Crippen molar-refractivity contribution in [2.45, 2.75) is 39.5 Å². The number of fused-ring (bicyclic) bond motifs is 1. The Hall–Kier alpha value is -1.38. The van der Waals surface area contributed by atoms with Crippen molar-refractivity contribution in [1.82, 2.24) is 9.97 Å². The lowest BCUT2D eigenvalue weighted by molar-refractivity contribution is 0.498. The number of hydrogen-bond acceptors (Lipinski definition) is 3. The molecule has 0 fully saturated rings. The molecule has 0 N–H and O–H groups in total. The Bertz CT molecular complexity index is 471. The lowest BCUT2D eigenvalue weighted by Crippen LogP contribution is -1.88. The van der Waals surface area contributed by atoms with E-state index in [1.165, 1.54) is 5.56 Å². The highest BCUT2D eigenvalue weighted by atomic mass is 16.3. The minimum Gasteiger partial charge on any atom is -0.438 e. The van der Waals surface area contributed by atoms with Gasteiger partial charge in [-0.25, -0.2) is 4.98 Å². The van der Waals surface area contributed by atoms with Gasteiger partial charge in [-0.15, -0.1) is 0 Å². The minimum absolute atomic E-state index is 0.305. The van der Waals surface area contributed by atoms with Crippen molar-refractivity contribution < 1.29 is 4.42 Å². The molecule has 80 valence electrons. The zero-order chi connectivity index (χ0) is 11.0. The van der Waals surface area contributed by atoms with Gasteiger partial charge in [-0.3, -0.25) is 0 Å². The van der Waals surface area contributed by atoms with Crippen LogP contribution in [0.15, 0.2) is 16.7 Å². The first kappa shape index (κ1) is 10.1. The molecule has 0 saturated carbocycles. The summed E-state index contributed by atoms with van der Waals surface area (Å²) in [5.41, 5.74) is 2.75. The first-order valence-electron chi connectivity index (χ1n) is 5.35. The summed E-state index contributed by atoms with van der Waals surface area (Å²) in [6.45, 7) is 8.43. The quantitative estimate of drug-likeness (QED) is 0.751. The van der Waals surface area contributed by atoms with E-state index in [0.717, 1.165) is 17.1 Å². The van der Waals surface area contributed by atoms with Crippen LogP contribution in [-0.4, -0.2) is 9.97 Å². The van der Waals surface area contributed by atoms with Crippen LogP contribution in [0.1, 0.15) is 51.0 Å². The number of aromatic nitrogens is 2. The van der Waals surface area contributed by atoms with Gasteiger partial charge in [-0.05, 0) is 12.0 Å². The summed E-state index contributed by atoms with van der Waals surface area (Å²) in [6, 6.07) is 2.00. The molecular formula is C12H16N2O. The van der Waals surface area contributed by atoms with E-state index in [4.69, 9.17) is 4.42 Å². The predicted octanol–water partition coefficient (Wildman–Crippen LogP) is 3.47. The highest BCUT2D eigenvalue weighted by molar-refractivity contribution is 5.72. The maximum Gasteiger partial charge on any atom is 0.199 e. The number of hydrogen-bond donors (Lipinski definition) is 0. The minimum atomic E-state index is 0.305. The van der Waals surface area contributed by atoms with Crippen LogP contribution in [0.5, 0.6) is 0 Å².